The van der Waals surface area contributed by atoms with Crippen molar-refractivity contribution in [1.29, 1.82) is 0 Å². The number of rotatable bonds is 4. The first kappa shape index (κ1) is 45.8. The average molecular weight is 993 g/mol. The predicted octanol–water partition coefficient (Wildman–Crippen LogP) is 17.5. The van der Waals surface area contributed by atoms with Crippen LogP contribution in [0.4, 0.5) is 34.1 Å². The van der Waals surface area contributed by atoms with Crippen molar-refractivity contribution in [2.24, 2.45) is 0 Å². The molecule has 0 spiro atoms. The van der Waals surface area contributed by atoms with Gasteiger partial charge in [0, 0.05) is 50.0 Å². The number of aromatic nitrogens is 2. The molecule has 10 aromatic carbocycles. The van der Waals surface area contributed by atoms with Gasteiger partial charge in [0.2, 0.25) is 0 Å². The van der Waals surface area contributed by atoms with Gasteiger partial charge in [-0.1, -0.05) is 190 Å². The molecule has 0 atom stereocenters. The van der Waals surface area contributed by atoms with E-state index in [1.165, 1.54) is 133 Å². The summed E-state index contributed by atoms with van der Waals surface area (Å²) in [5, 5.41) is 5.14. The molecule has 0 saturated heterocycles. The van der Waals surface area contributed by atoms with Crippen LogP contribution in [0.1, 0.15) is 79.0 Å². The highest BCUT2D eigenvalue weighted by Crippen LogP contribution is 2.53. The van der Waals surface area contributed by atoms with Gasteiger partial charge in [0.15, 0.2) is 0 Å². The van der Waals surface area contributed by atoms with Gasteiger partial charge in [-0.3, -0.25) is 0 Å². The molecule has 0 amide bonds. The second-order valence-corrected chi connectivity index (χ2v) is 25.1. The average Bonchev–Trinajstić information content (AvgIpc) is 4.07. The largest absolute Gasteiger partial charge is 0.311 e. The Hall–Kier alpha value is -8.54. The molecule has 0 N–H and O–H groups in total. The summed E-state index contributed by atoms with van der Waals surface area (Å²) in [7, 11) is 0. The molecule has 3 aliphatic rings. The zero-order valence-electron chi connectivity index (χ0n) is 45.5. The van der Waals surface area contributed by atoms with Crippen molar-refractivity contribution < 1.29 is 0 Å². The molecule has 77 heavy (non-hydrogen) atoms. The summed E-state index contributed by atoms with van der Waals surface area (Å²) in [6.45, 7) is 21.0. The summed E-state index contributed by atoms with van der Waals surface area (Å²) in [5.41, 5.74) is 27.2. The molecule has 0 aliphatic carbocycles. The molecular weight excluding hydrogens is 932 g/mol. The third-order valence-corrected chi connectivity index (χ3v) is 17.3. The van der Waals surface area contributed by atoms with Crippen LogP contribution in [0.15, 0.2) is 206 Å². The molecule has 15 rings (SSSR count). The Kier molecular flexibility index (Phi) is 9.52. The van der Waals surface area contributed by atoms with Crippen LogP contribution in [0.5, 0.6) is 0 Å². The second-order valence-electron chi connectivity index (χ2n) is 25.1. The van der Waals surface area contributed by atoms with Crippen molar-refractivity contribution >= 4 is 101 Å². The van der Waals surface area contributed by atoms with Crippen molar-refractivity contribution in [3.05, 3.63) is 223 Å². The standard InChI is InChI=1S/C72H61BN4/c1-70(2,3)48-31-37-60-55(39-48)56-40-49(71(4,5)6)32-38-61(56)75(60)52-35-36-57-64(43-52)74(51-33-29-47(30-34-51)46-27-25-45(26-28-46)44-17-11-10-12-18-44)65-41-50(72(7,8)9)42-66-67(65)73(57)58-21-16-24-63-69(58)77(66)62-23-15-20-54-53-19-13-14-22-59(53)76(63)68(54)62/h10-43H,1-9H3. The molecule has 0 fully saturated rings. The fraction of sp³-hybridized carbons (Fsp3) is 0.167. The first-order chi connectivity index (χ1) is 37.1. The number of benzene rings is 10. The highest BCUT2D eigenvalue weighted by Gasteiger charge is 2.47. The second kappa shape index (κ2) is 16.0. The molecule has 2 aromatic heterocycles. The van der Waals surface area contributed by atoms with Crippen LogP contribution in [0.25, 0.3) is 77.2 Å². The van der Waals surface area contributed by atoms with Gasteiger partial charge in [-0.2, -0.15) is 0 Å². The lowest BCUT2D eigenvalue weighted by molar-refractivity contribution is 0.590. The number of nitrogens with zero attached hydrogens (tertiary/aromatic N) is 4. The molecule has 0 radical (unpaired) electrons. The molecule has 0 bridgehead atoms. The monoisotopic (exact) mass is 992 g/mol. The van der Waals surface area contributed by atoms with E-state index in [9.17, 15) is 0 Å². The quantitative estimate of drug-likeness (QED) is 0.163. The predicted molar refractivity (Wildman–Crippen MR) is 330 cm³/mol. The van der Waals surface area contributed by atoms with Gasteiger partial charge in [0.05, 0.1) is 39.1 Å². The molecule has 0 unspecified atom stereocenters. The van der Waals surface area contributed by atoms with Crippen LogP contribution in [-0.4, -0.2) is 15.8 Å². The maximum absolute atomic E-state index is 2.63. The van der Waals surface area contributed by atoms with Crippen LogP contribution in [0.3, 0.4) is 0 Å². The van der Waals surface area contributed by atoms with E-state index in [0.717, 1.165) is 11.4 Å². The smallest absolute Gasteiger partial charge is 0.252 e. The van der Waals surface area contributed by atoms with Crippen LogP contribution in [0, 0.1) is 0 Å². The van der Waals surface area contributed by atoms with E-state index in [-0.39, 0.29) is 23.0 Å². The van der Waals surface area contributed by atoms with E-state index >= 15 is 0 Å². The summed E-state index contributed by atoms with van der Waals surface area (Å²) < 4.78 is 5.08. The SMILES string of the molecule is CC(C)(C)c1cc2c3c(c1)N1c4c(cccc4-n4c5ccccc5c5cccc1c54)B3c1ccc(-n3c4ccc(C(C)(C)C)cc4c4cc(C(C)(C)C)ccc43)cc1N2c1ccc(-c2ccc(-c3ccccc3)cc2)cc1. The maximum atomic E-state index is 2.63. The van der Waals surface area contributed by atoms with Crippen molar-refractivity contribution in [3.8, 4) is 33.6 Å². The zero-order chi connectivity index (χ0) is 52.4. The summed E-state index contributed by atoms with van der Waals surface area (Å²) in [5.74, 6) is 0. The molecule has 4 nitrogen and oxygen atoms in total. The molecule has 3 aliphatic heterocycles. The lowest BCUT2D eigenvalue weighted by atomic mass is 9.33. The van der Waals surface area contributed by atoms with Gasteiger partial charge in [-0.15, -0.1) is 0 Å². The summed E-state index contributed by atoms with van der Waals surface area (Å²) >= 11 is 0. The minimum absolute atomic E-state index is 0.00459. The highest BCUT2D eigenvalue weighted by molar-refractivity contribution is 7.00. The van der Waals surface area contributed by atoms with Gasteiger partial charge in [-0.25, -0.2) is 0 Å². The van der Waals surface area contributed by atoms with Gasteiger partial charge in [0.25, 0.3) is 6.71 Å². The summed E-state index contributed by atoms with van der Waals surface area (Å²) in [6.07, 6.45) is 0. The maximum Gasteiger partial charge on any atom is 0.252 e. The van der Waals surface area contributed by atoms with Crippen LogP contribution in [-0.2, 0) is 16.2 Å². The summed E-state index contributed by atoms with van der Waals surface area (Å²) in [6, 6.07) is 78.7. The Balaban J connectivity index is 1.00. The van der Waals surface area contributed by atoms with Gasteiger partial charge < -0.3 is 18.9 Å². The minimum Gasteiger partial charge on any atom is -0.311 e. The molecule has 5 heteroatoms. The zero-order valence-corrected chi connectivity index (χ0v) is 45.5. The Labute approximate surface area is 452 Å². The molecular formula is C72H61BN4. The third-order valence-electron chi connectivity index (χ3n) is 17.3. The fourth-order valence-electron chi connectivity index (χ4n) is 13.2. The van der Waals surface area contributed by atoms with Crippen molar-refractivity contribution in [2.75, 3.05) is 9.80 Å². The van der Waals surface area contributed by atoms with E-state index in [0.29, 0.717) is 0 Å². The lowest BCUT2D eigenvalue weighted by Gasteiger charge is -2.47. The minimum atomic E-state index is -0.151. The lowest BCUT2D eigenvalue weighted by Crippen LogP contribution is -2.62. The van der Waals surface area contributed by atoms with Crippen molar-refractivity contribution in [2.45, 2.75) is 78.6 Å². The van der Waals surface area contributed by atoms with Gasteiger partial charge >= 0.3 is 0 Å². The van der Waals surface area contributed by atoms with Crippen LogP contribution >= 0.6 is 0 Å². The topological polar surface area (TPSA) is 16.3 Å². The van der Waals surface area contributed by atoms with Crippen molar-refractivity contribution in [3.63, 3.8) is 0 Å². The van der Waals surface area contributed by atoms with E-state index in [4.69, 9.17) is 0 Å². The first-order valence-electron chi connectivity index (χ1n) is 27.5. The van der Waals surface area contributed by atoms with E-state index in [1.807, 2.05) is 0 Å². The van der Waals surface area contributed by atoms with Gasteiger partial charge in [0.1, 0.15) is 0 Å². The number of hydrogen-bond acceptors (Lipinski definition) is 2. The van der Waals surface area contributed by atoms with E-state index in [2.05, 4.69) is 288 Å². The number of para-hydroxylation sites is 3. The Morgan fingerprint density at radius 3 is 1.47 bits per heavy atom. The molecule has 12 aromatic rings. The molecule has 5 heterocycles. The number of fused-ring (bicyclic) bond motifs is 12. The molecule has 0 saturated carbocycles. The Morgan fingerprint density at radius 1 is 0.312 bits per heavy atom. The van der Waals surface area contributed by atoms with E-state index < -0.39 is 0 Å². The van der Waals surface area contributed by atoms with E-state index in [1.54, 1.807) is 0 Å². The Morgan fingerprint density at radius 2 is 0.831 bits per heavy atom. The number of anilines is 6. The Bertz CT molecular complexity index is 4370. The third kappa shape index (κ3) is 6.72. The normalized spacial score (nSPS) is 13.7. The summed E-state index contributed by atoms with van der Waals surface area (Å²) in [4.78, 5) is 5.23. The number of hydrogen-bond donors (Lipinski definition) is 0. The van der Waals surface area contributed by atoms with Crippen LogP contribution in [0.2, 0.25) is 0 Å². The first-order valence-corrected chi connectivity index (χ1v) is 27.5. The van der Waals surface area contributed by atoms with Crippen LogP contribution < -0.4 is 26.2 Å². The van der Waals surface area contributed by atoms with Gasteiger partial charge in [-0.05, 0) is 150 Å². The molecule has 372 valence electrons. The fourth-order valence-corrected chi connectivity index (χ4v) is 13.2. The van der Waals surface area contributed by atoms with Crippen molar-refractivity contribution in [1.82, 2.24) is 9.13 Å². The highest BCUT2D eigenvalue weighted by atomic mass is 15.2.